The molecule has 0 bridgehead atoms. The van der Waals surface area contributed by atoms with Crippen molar-refractivity contribution in [1.82, 2.24) is 19.9 Å². The quantitative estimate of drug-likeness (QED) is 0.531. The minimum absolute atomic E-state index is 0.103. The van der Waals surface area contributed by atoms with Crippen LogP contribution in [0.3, 0.4) is 0 Å². The van der Waals surface area contributed by atoms with Crippen LogP contribution in [0.5, 0.6) is 0 Å². The number of carbonyl (C=O) groups excluding carboxylic acids is 1. The van der Waals surface area contributed by atoms with Crippen molar-refractivity contribution in [2.24, 2.45) is 5.41 Å². The van der Waals surface area contributed by atoms with Gasteiger partial charge in [0, 0.05) is 42.7 Å². The van der Waals surface area contributed by atoms with E-state index in [1.54, 1.807) is 18.6 Å². The fourth-order valence-corrected chi connectivity index (χ4v) is 4.90. The zero-order valence-corrected chi connectivity index (χ0v) is 19.3. The molecule has 2 aliphatic rings. The van der Waals surface area contributed by atoms with Gasteiger partial charge in [-0.05, 0) is 56.2 Å². The van der Waals surface area contributed by atoms with Gasteiger partial charge in [-0.15, -0.1) is 0 Å². The Hall–Kier alpha value is -3.49. The molecule has 1 saturated carbocycles. The highest BCUT2D eigenvalue weighted by atomic mass is 19.4. The Balaban J connectivity index is 1.41. The summed E-state index contributed by atoms with van der Waals surface area (Å²) in [5.41, 5.74) is 2.15. The van der Waals surface area contributed by atoms with Gasteiger partial charge in [0.2, 0.25) is 0 Å². The van der Waals surface area contributed by atoms with Gasteiger partial charge in [-0.2, -0.15) is 13.2 Å². The molecule has 2 fully saturated rings. The number of aryl methyl sites for hydroxylation is 1. The summed E-state index contributed by atoms with van der Waals surface area (Å²) in [4.78, 5) is 28.0. The van der Waals surface area contributed by atoms with Gasteiger partial charge in [-0.3, -0.25) is 14.8 Å². The molecule has 1 amide bonds. The predicted octanol–water partition coefficient (Wildman–Crippen LogP) is 5.36. The Morgan fingerprint density at radius 2 is 2.00 bits per heavy atom. The van der Waals surface area contributed by atoms with Crippen LogP contribution in [0.2, 0.25) is 0 Å². The summed E-state index contributed by atoms with van der Waals surface area (Å²) in [6.07, 6.45) is 4.31. The van der Waals surface area contributed by atoms with E-state index in [-0.39, 0.29) is 23.2 Å². The lowest BCUT2D eigenvalue weighted by atomic mass is 9.87. The first-order valence-corrected chi connectivity index (χ1v) is 11.7. The van der Waals surface area contributed by atoms with E-state index >= 15 is 0 Å². The van der Waals surface area contributed by atoms with Crippen molar-refractivity contribution >= 4 is 11.7 Å². The van der Waals surface area contributed by atoms with E-state index in [0.29, 0.717) is 29.9 Å². The Bertz CT molecular complexity index is 1230. The van der Waals surface area contributed by atoms with Crippen molar-refractivity contribution in [2.75, 3.05) is 18.4 Å². The van der Waals surface area contributed by atoms with Crippen molar-refractivity contribution in [3.63, 3.8) is 0 Å². The van der Waals surface area contributed by atoms with Gasteiger partial charge in [-0.1, -0.05) is 23.8 Å². The van der Waals surface area contributed by atoms with Gasteiger partial charge < -0.3 is 10.2 Å². The highest BCUT2D eigenvalue weighted by Gasteiger charge is 2.49. The summed E-state index contributed by atoms with van der Waals surface area (Å²) in [7, 11) is 0. The van der Waals surface area contributed by atoms with Crippen LogP contribution in [0.1, 0.15) is 47.3 Å². The number of anilines is 1. The summed E-state index contributed by atoms with van der Waals surface area (Å²) in [6, 6.07) is 9.34. The number of amides is 1. The normalized spacial score (nSPS) is 19.0. The maximum absolute atomic E-state index is 13.9. The number of carbonyl (C=O) groups is 1. The average Bonchev–Trinajstić information content (AvgIpc) is 3.61. The number of piperidine rings is 1. The van der Waals surface area contributed by atoms with Gasteiger partial charge in [-0.25, -0.2) is 4.98 Å². The number of hydrogen-bond donors (Lipinski definition) is 1. The summed E-state index contributed by atoms with van der Waals surface area (Å²) in [6.45, 7) is 2.87. The molecular weight excluding hydrogens is 455 g/mol. The lowest BCUT2D eigenvalue weighted by molar-refractivity contribution is -0.141. The van der Waals surface area contributed by atoms with Crippen molar-refractivity contribution in [1.29, 1.82) is 0 Å². The van der Waals surface area contributed by atoms with Crippen LogP contribution in [0.4, 0.5) is 19.0 Å². The summed E-state index contributed by atoms with van der Waals surface area (Å²) >= 11 is 0. The van der Waals surface area contributed by atoms with E-state index in [1.165, 1.54) is 12.1 Å². The fraction of sp³-hybridized carbons (Fsp3) is 0.385. The van der Waals surface area contributed by atoms with Crippen molar-refractivity contribution in [2.45, 2.75) is 44.8 Å². The van der Waals surface area contributed by atoms with E-state index in [2.05, 4.69) is 20.3 Å². The smallest absolute Gasteiger partial charge is 0.368 e. The maximum atomic E-state index is 13.9. The molecule has 0 radical (unpaired) electrons. The summed E-state index contributed by atoms with van der Waals surface area (Å²) in [5, 5.41) is 3.06. The monoisotopic (exact) mass is 481 g/mol. The molecule has 1 spiro atoms. The highest BCUT2D eigenvalue weighted by Crippen LogP contribution is 2.55. The molecule has 182 valence electrons. The number of likely N-dealkylation sites (tertiary alicyclic amines) is 1. The molecular formula is C26H26F3N5O. The first kappa shape index (κ1) is 23.3. The Morgan fingerprint density at radius 1 is 1.17 bits per heavy atom. The minimum atomic E-state index is -4.51. The van der Waals surface area contributed by atoms with E-state index < -0.39 is 11.9 Å². The lowest BCUT2D eigenvalue weighted by Crippen LogP contribution is -2.50. The zero-order chi connectivity index (χ0) is 24.6. The molecule has 9 heteroatoms. The topological polar surface area (TPSA) is 71.0 Å². The first-order chi connectivity index (χ1) is 16.7. The standard InChI is InChI=1S/C26H26F3N5O/c1-17-5-6-19(21-16-30-10-11-31-21)20(13-17)24(35)34-12-9-25(7-8-25)14-18(34)15-32-23-4-2-3-22(33-23)26(27,28)29/h2-6,10-11,13,16,18H,7-9,12,14-15H2,1H3,(H,32,33). The number of aromatic nitrogens is 3. The molecule has 1 unspecified atom stereocenters. The zero-order valence-electron chi connectivity index (χ0n) is 19.3. The second-order valence-corrected chi connectivity index (χ2v) is 9.53. The van der Waals surface area contributed by atoms with Crippen molar-refractivity contribution in [3.8, 4) is 11.3 Å². The number of rotatable bonds is 5. The average molecular weight is 482 g/mol. The number of nitrogens with zero attached hydrogens (tertiary/aromatic N) is 4. The van der Waals surface area contributed by atoms with Gasteiger partial charge in [0.15, 0.2) is 0 Å². The molecule has 35 heavy (non-hydrogen) atoms. The SMILES string of the molecule is Cc1ccc(-c2cnccn2)c(C(=O)N2CCC3(CC3)CC2CNc2cccc(C(F)(F)F)n2)c1. The van der Waals surface area contributed by atoms with Crippen LogP contribution in [0.25, 0.3) is 11.3 Å². The van der Waals surface area contributed by atoms with Crippen molar-refractivity contribution < 1.29 is 18.0 Å². The van der Waals surface area contributed by atoms with E-state index in [4.69, 9.17) is 0 Å². The number of nitrogens with one attached hydrogen (secondary N) is 1. The van der Waals surface area contributed by atoms with Gasteiger partial charge in [0.05, 0.1) is 11.9 Å². The van der Waals surface area contributed by atoms with E-state index in [9.17, 15) is 18.0 Å². The molecule has 1 saturated heterocycles. The van der Waals surface area contributed by atoms with Crippen molar-refractivity contribution in [3.05, 3.63) is 71.8 Å². The van der Waals surface area contributed by atoms with E-state index in [1.807, 2.05) is 30.0 Å². The maximum Gasteiger partial charge on any atom is 0.433 e. The second kappa shape index (κ2) is 8.94. The lowest BCUT2D eigenvalue weighted by Gasteiger charge is -2.40. The highest BCUT2D eigenvalue weighted by molar-refractivity contribution is 6.01. The third-order valence-electron chi connectivity index (χ3n) is 7.01. The molecule has 1 aliphatic carbocycles. The van der Waals surface area contributed by atoms with Crippen LogP contribution < -0.4 is 5.32 Å². The molecule has 5 rings (SSSR count). The molecule has 1 aliphatic heterocycles. The number of alkyl halides is 3. The largest absolute Gasteiger partial charge is 0.433 e. The number of benzene rings is 1. The van der Waals surface area contributed by atoms with Gasteiger partial charge in [0.25, 0.3) is 5.91 Å². The number of pyridine rings is 1. The Morgan fingerprint density at radius 3 is 2.71 bits per heavy atom. The van der Waals surface area contributed by atoms with E-state index in [0.717, 1.165) is 37.3 Å². The predicted molar refractivity (Wildman–Crippen MR) is 126 cm³/mol. The van der Waals surface area contributed by atoms with Crippen LogP contribution in [-0.2, 0) is 6.18 Å². The summed E-state index contributed by atoms with van der Waals surface area (Å²) < 4.78 is 39.3. The molecule has 1 atom stereocenters. The number of hydrogen-bond acceptors (Lipinski definition) is 5. The van der Waals surface area contributed by atoms with Crippen LogP contribution in [0, 0.1) is 12.3 Å². The molecule has 2 aromatic heterocycles. The second-order valence-electron chi connectivity index (χ2n) is 9.53. The molecule has 3 aromatic rings. The minimum Gasteiger partial charge on any atom is -0.368 e. The van der Waals surface area contributed by atoms with Crippen LogP contribution in [0.15, 0.2) is 55.0 Å². The molecule has 3 heterocycles. The van der Waals surface area contributed by atoms with Crippen LogP contribution in [-0.4, -0.2) is 44.9 Å². The number of halogens is 3. The summed E-state index contributed by atoms with van der Waals surface area (Å²) in [5.74, 6) is 0.0482. The van der Waals surface area contributed by atoms with Gasteiger partial charge in [0.1, 0.15) is 11.5 Å². The first-order valence-electron chi connectivity index (χ1n) is 11.7. The molecule has 6 nitrogen and oxygen atoms in total. The van der Waals surface area contributed by atoms with Crippen LogP contribution >= 0.6 is 0 Å². The third-order valence-corrected chi connectivity index (χ3v) is 7.01. The molecule has 1 aromatic carbocycles. The Labute approximate surface area is 201 Å². The Kier molecular flexibility index (Phi) is 5.94. The third kappa shape index (κ3) is 4.99. The fourth-order valence-electron chi connectivity index (χ4n) is 4.90. The van der Waals surface area contributed by atoms with Gasteiger partial charge >= 0.3 is 6.18 Å². The molecule has 1 N–H and O–H groups in total.